The molecule has 2 aliphatic rings. The number of ether oxygens (including phenoxy) is 2. The molecule has 0 radical (unpaired) electrons. The van der Waals surface area contributed by atoms with E-state index in [-0.39, 0.29) is 0 Å². The molecular weight excluding hydrogens is 326 g/mol. The maximum absolute atomic E-state index is 5.94. The summed E-state index contributed by atoms with van der Waals surface area (Å²) in [5.41, 5.74) is 1.30. The van der Waals surface area contributed by atoms with E-state index >= 15 is 0 Å². The van der Waals surface area contributed by atoms with Crippen LogP contribution in [0.5, 0.6) is 0 Å². The van der Waals surface area contributed by atoms with E-state index in [1.165, 1.54) is 5.56 Å². The molecule has 2 fully saturated rings. The fourth-order valence-corrected chi connectivity index (χ4v) is 3.72. The molecular formula is C21H35N3O2. The minimum Gasteiger partial charge on any atom is -0.378 e. The van der Waals surface area contributed by atoms with Crippen molar-refractivity contribution >= 4 is 5.82 Å². The molecule has 3 rings (SSSR count). The van der Waals surface area contributed by atoms with E-state index in [4.69, 9.17) is 9.47 Å². The second-order valence-electron chi connectivity index (χ2n) is 7.82. The molecule has 1 aliphatic heterocycles. The van der Waals surface area contributed by atoms with Gasteiger partial charge in [-0.1, -0.05) is 13.0 Å². The molecule has 0 N–H and O–H groups in total. The van der Waals surface area contributed by atoms with E-state index in [1.807, 2.05) is 6.20 Å². The van der Waals surface area contributed by atoms with E-state index in [1.54, 1.807) is 0 Å². The Kier molecular flexibility index (Phi) is 7.29. The van der Waals surface area contributed by atoms with Crippen molar-refractivity contribution in [3.63, 3.8) is 0 Å². The summed E-state index contributed by atoms with van der Waals surface area (Å²) in [5.74, 6) is 1.12. The molecule has 0 atom stereocenters. The summed E-state index contributed by atoms with van der Waals surface area (Å²) in [4.78, 5) is 9.57. The molecule has 0 unspecified atom stereocenters. The largest absolute Gasteiger partial charge is 0.378 e. The number of likely N-dealkylation sites (N-methyl/N-ethyl adjacent to an activating group) is 1. The van der Waals surface area contributed by atoms with Crippen molar-refractivity contribution in [3.8, 4) is 0 Å². The molecule has 0 bridgehead atoms. The third-order valence-corrected chi connectivity index (χ3v) is 5.43. The molecule has 1 saturated carbocycles. The van der Waals surface area contributed by atoms with Crippen LogP contribution in [0, 0.1) is 0 Å². The SMILES string of the molecule is CCN1CCN(c2ccc(CCCOC3CC(OC(C)C)C3)cn2)CC1. The van der Waals surface area contributed by atoms with Crippen molar-refractivity contribution in [2.75, 3.05) is 44.2 Å². The van der Waals surface area contributed by atoms with Gasteiger partial charge in [-0.05, 0) is 57.7 Å². The molecule has 1 aromatic heterocycles. The van der Waals surface area contributed by atoms with Crippen molar-refractivity contribution in [2.24, 2.45) is 0 Å². The van der Waals surface area contributed by atoms with Crippen LogP contribution in [-0.2, 0) is 15.9 Å². The molecule has 146 valence electrons. The van der Waals surface area contributed by atoms with Crippen LogP contribution in [0.15, 0.2) is 18.3 Å². The summed E-state index contributed by atoms with van der Waals surface area (Å²) >= 11 is 0. The fraction of sp³-hybridized carbons (Fsp3) is 0.762. The summed E-state index contributed by atoms with van der Waals surface area (Å²) in [6.07, 6.45) is 7.39. The van der Waals surface area contributed by atoms with Crippen LogP contribution in [0.1, 0.15) is 45.6 Å². The topological polar surface area (TPSA) is 37.8 Å². The van der Waals surface area contributed by atoms with Gasteiger partial charge in [-0.3, -0.25) is 0 Å². The third-order valence-electron chi connectivity index (χ3n) is 5.43. The second kappa shape index (κ2) is 9.67. The highest BCUT2D eigenvalue weighted by molar-refractivity contribution is 5.39. The first kappa shape index (κ1) is 19.6. The molecule has 1 aliphatic carbocycles. The van der Waals surface area contributed by atoms with Crippen molar-refractivity contribution in [2.45, 2.75) is 64.8 Å². The van der Waals surface area contributed by atoms with Gasteiger partial charge in [0.15, 0.2) is 0 Å². The lowest BCUT2D eigenvalue weighted by Gasteiger charge is -2.36. The number of aryl methyl sites for hydroxylation is 1. The van der Waals surface area contributed by atoms with Crippen LogP contribution < -0.4 is 4.90 Å². The first-order valence-corrected chi connectivity index (χ1v) is 10.3. The minimum atomic E-state index is 0.326. The quantitative estimate of drug-likeness (QED) is 0.632. The fourth-order valence-electron chi connectivity index (χ4n) is 3.72. The van der Waals surface area contributed by atoms with Gasteiger partial charge >= 0.3 is 0 Å². The second-order valence-corrected chi connectivity index (χ2v) is 7.82. The zero-order valence-electron chi connectivity index (χ0n) is 16.7. The summed E-state index contributed by atoms with van der Waals surface area (Å²) in [5, 5.41) is 0. The number of pyridine rings is 1. The van der Waals surface area contributed by atoms with Gasteiger partial charge in [-0.15, -0.1) is 0 Å². The van der Waals surface area contributed by atoms with Gasteiger partial charge in [0.05, 0.1) is 18.3 Å². The van der Waals surface area contributed by atoms with E-state index in [9.17, 15) is 0 Å². The zero-order chi connectivity index (χ0) is 18.4. The van der Waals surface area contributed by atoms with Gasteiger partial charge in [0, 0.05) is 39.0 Å². The molecule has 5 nitrogen and oxygen atoms in total. The van der Waals surface area contributed by atoms with E-state index in [2.05, 4.69) is 47.7 Å². The van der Waals surface area contributed by atoms with Gasteiger partial charge in [0.25, 0.3) is 0 Å². The molecule has 1 aromatic rings. The lowest BCUT2D eigenvalue weighted by Crippen LogP contribution is -2.46. The summed E-state index contributed by atoms with van der Waals surface area (Å²) < 4.78 is 11.7. The number of hydrogen-bond acceptors (Lipinski definition) is 5. The molecule has 5 heteroatoms. The molecule has 0 amide bonds. The maximum atomic E-state index is 5.94. The van der Waals surface area contributed by atoms with Crippen molar-refractivity contribution in [1.29, 1.82) is 0 Å². The average Bonchev–Trinajstić information content (AvgIpc) is 2.63. The number of aromatic nitrogens is 1. The van der Waals surface area contributed by atoms with Crippen molar-refractivity contribution in [3.05, 3.63) is 23.9 Å². The number of nitrogens with zero attached hydrogens (tertiary/aromatic N) is 3. The Morgan fingerprint density at radius 3 is 2.50 bits per heavy atom. The van der Waals surface area contributed by atoms with Gasteiger partial charge in [-0.25, -0.2) is 4.98 Å². The lowest BCUT2D eigenvalue weighted by molar-refractivity contribution is -0.118. The Balaban J connectivity index is 1.30. The van der Waals surface area contributed by atoms with Crippen LogP contribution in [0.3, 0.4) is 0 Å². The van der Waals surface area contributed by atoms with Crippen LogP contribution in [-0.4, -0.2) is 67.5 Å². The number of hydrogen-bond donors (Lipinski definition) is 0. The Labute approximate surface area is 158 Å². The van der Waals surface area contributed by atoms with Crippen molar-refractivity contribution in [1.82, 2.24) is 9.88 Å². The lowest BCUT2D eigenvalue weighted by atomic mass is 9.92. The van der Waals surface area contributed by atoms with E-state index in [0.717, 1.165) is 70.8 Å². The molecule has 0 spiro atoms. The highest BCUT2D eigenvalue weighted by atomic mass is 16.5. The first-order chi connectivity index (χ1) is 12.6. The first-order valence-electron chi connectivity index (χ1n) is 10.3. The Bertz CT molecular complexity index is 521. The molecule has 26 heavy (non-hydrogen) atoms. The highest BCUT2D eigenvalue weighted by Gasteiger charge is 2.31. The summed E-state index contributed by atoms with van der Waals surface area (Å²) in [6, 6.07) is 4.40. The van der Waals surface area contributed by atoms with Gasteiger partial charge in [0.2, 0.25) is 0 Å². The van der Waals surface area contributed by atoms with Crippen LogP contribution in [0.2, 0.25) is 0 Å². The number of piperazine rings is 1. The van der Waals surface area contributed by atoms with Crippen LogP contribution in [0.4, 0.5) is 5.82 Å². The molecule has 1 saturated heterocycles. The highest BCUT2D eigenvalue weighted by Crippen LogP contribution is 2.27. The average molecular weight is 362 g/mol. The smallest absolute Gasteiger partial charge is 0.128 e. The molecule has 0 aromatic carbocycles. The van der Waals surface area contributed by atoms with Crippen LogP contribution >= 0.6 is 0 Å². The number of anilines is 1. The van der Waals surface area contributed by atoms with E-state index in [0.29, 0.717) is 18.3 Å². The third kappa shape index (κ3) is 5.66. The monoisotopic (exact) mass is 361 g/mol. The van der Waals surface area contributed by atoms with Crippen molar-refractivity contribution < 1.29 is 9.47 Å². The normalized spacial score (nSPS) is 24.1. The number of rotatable bonds is 9. The summed E-state index contributed by atoms with van der Waals surface area (Å²) in [7, 11) is 0. The molecule has 2 heterocycles. The maximum Gasteiger partial charge on any atom is 0.128 e. The predicted molar refractivity (Wildman–Crippen MR) is 106 cm³/mol. The standard InChI is InChI=1S/C21H35N3O2/c1-4-23-9-11-24(12-10-23)21-8-7-18(16-22-21)6-5-13-25-19-14-20(15-19)26-17(2)3/h7-8,16-17,19-20H,4-6,9-15H2,1-3H3. The van der Waals surface area contributed by atoms with Gasteiger partial charge < -0.3 is 19.3 Å². The van der Waals surface area contributed by atoms with Crippen LogP contribution in [0.25, 0.3) is 0 Å². The van der Waals surface area contributed by atoms with Gasteiger partial charge in [0.1, 0.15) is 5.82 Å². The van der Waals surface area contributed by atoms with Gasteiger partial charge in [-0.2, -0.15) is 0 Å². The minimum absolute atomic E-state index is 0.326. The Morgan fingerprint density at radius 1 is 1.12 bits per heavy atom. The predicted octanol–water partition coefficient (Wildman–Crippen LogP) is 3.13. The Hall–Kier alpha value is -1.17. The summed E-state index contributed by atoms with van der Waals surface area (Å²) in [6.45, 7) is 12.8. The van der Waals surface area contributed by atoms with E-state index < -0.39 is 0 Å². The Morgan fingerprint density at radius 2 is 1.88 bits per heavy atom. The zero-order valence-corrected chi connectivity index (χ0v) is 16.7.